The highest BCUT2D eigenvalue weighted by Gasteiger charge is 2.20. The zero-order chi connectivity index (χ0) is 14.5. The van der Waals surface area contributed by atoms with Crippen LogP contribution in [-0.4, -0.2) is 25.0 Å². The lowest BCUT2D eigenvalue weighted by Gasteiger charge is -2.22. The van der Waals surface area contributed by atoms with Crippen molar-refractivity contribution in [3.05, 3.63) is 29.3 Å². The van der Waals surface area contributed by atoms with Gasteiger partial charge in [0, 0.05) is 19.1 Å². The van der Waals surface area contributed by atoms with E-state index in [-0.39, 0.29) is 6.54 Å². The molecule has 20 heavy (non-hydrogen) atoms. The van der Waals surface area contributed by atoms with Gasteiger partial charge in [0.15, 0.2) is 0 Å². The lowest BCUT2D eigenvalue weighted by Crippen LogP contribution is -2.34. The molecule has 0 heterocycles. The molecule has 1 aliphatic carbocycles. The van der Waals surface area contributed by atoms with Crippen molar-refractivity contribution >= 4 is 11.6 Å². The molecule has 0 atom stereocenters. The molecule has 0 unspecified atom stereocenters. The molecule has 3 N–H and O–H groups in total. The second-order valence-electron chi connectivity index (χ2n) is 5.10. The fraction of sp³-hybridized carbons (Fsp3) is 0.467. The first-order valence-corrected chi connectivity index (χ1v) is 6.93. The van der Waals surface area contributed by atoms with Gasteiger partial charge in [-0.1, -0.05) is 6.07 Å². The maximum Gasteiger partial charge on any atom is 0.236 e. The van der Waals surface area contributed by atoms with Crippen LogP contribution in [0, 0.1) is 11.3 Å². The van der Waals surface area contributed by atoms with E-state index in [1.165, 1.54) is 12.8 Å². The van der Waals surface area contributed by atoms with Gasteiger partial charge in [-0.15, -0.1) is 0 Å². The molecule has 0 saturated heterocycles. The van der Waals surface area contributed by atoms with Crippen LogP contribution in [0.4, 0.5) is 5.69 Å². The number of benzene rings is 1. The monoisotopic (exact) mass is 272 g/mol. The van der Waals surface area contributed by atoms with Crippen LogP contribution in [0.3, 0.4) is 0 Å². The third-order valence-corrected chi connectivity index (χ3v) is 3.42. The van der Waals surface area contributed by atoms with E-state index < -0.39 is 5.91 Å². The Balaban J connectivity index is 2.15. The minimum atomic E-state index is -0.393. The van der Waals surface area contributed by atoms with E-state index in [0.717, 1.165) is 17.8 Å². The van der Waals surface area contributed by atoms with E-state index in [2.05, 4.69) is 11.4 Å². The first-order valence-electron chi connectivity index (χ1n) is 6.93. The van der Waals surface area contributed by atoms with Crippen molar-refractivity contribution in [1.29, 1.82) is 5.26 Å². The highest BCUT2D eigenvalue weighted by molar-refractivity contribution is 5.80. The van der Waals surface area contributed by atoms with Crippen LogP contribution in [0.15, 0.2) is 18.2 Å². The Hall–Kier alpha value is -2.06. The van der Waals surface area contributed by atoms with E-state index in [9.17, 15) is 10.1 Å². The van der Waals surface area contributed by atoms with E-state index in [1.807, 2.05) is 30.0 Å². The third kappa shape index (κ3) is 3.72. The summed E-state index contributed by atoms with van der Waals surface area (Å²) in [5, 5.41) is 12.7. The van der Waals surface area contributed by atoms with Gasteiger partial charge in [-0.25, -0.2) is 0 Å². The quantitative estimate of drug-likeness (QED) is 0.779. The first kappa shape index (κ1) is 14.4. The van der Waals surface area contributed by atoms with Crippen LogP contribution in [-0.2, 0) is 11.3 Å². The minimum absolute atomic E-state index is 0.130. The van der Waals surface area contributed by atoms with Crippen molar-refractivity contribution in [2.75, 3.05) is 18.0 Å². The second-order valence-corrected chi connectivity index (χ2v) is 5.10. The topological polar surface area (TPSA) is 82.2 Å². The SMILES string of the molecule is CCN(CC(N)=O)c1ccc(CNC2CC2)cc1C#N. The van der Waals surface area contributed by atoms with Gasteiger partial charge >= 0.3 is 0 Å². The van der Waals surface area contributed by atoms with E-state index in [1.54, 1.807) is 0 Å². The van der Waals surface area contributed by atoms with Crippen LogP contribution < -0.4 is 16.0 Å². The van der Waals surface area contributed by atoms with E-state index >= 15 is 0 Å². The number of carbonyl (C=O) groups is 1. The summed E-state index contributed by atoms with van der Waals surface area (Å²) in [7, 11) is 0. The molecular formula is C15H20N4O. The number of amides is 1. The number of rotatable bonds is 7. The summed E-state index contributed by atoms with van der Waals surface area (Å²) in [6.45, 7) is 3.48. The van der Waals surface area contributed by atoms with Crippen LogP contribution in [0.5, 0.6) is 0 Å². The van der Waals surface area contributed by atoms with Gasteiger partial charge in [-0.05, 0) is 37.5 Å². The number of likely N-dealkylation sites (N-methyl/N-ethyl adjacent to an activating group) is 1. The molecule has 5 nitrogen and oxygen atoms in total. The largest absolute Gasteiger partial charge is 0.368 e. The van der Waals surface area contributed by atoms with Gasteiger partial charge in [0.1, 0.15) is 6.07 Å². The molecular weight excluding hydrogens is 252 g/mol. The van der Waals surface area contributed by atoms with Crippen LogP contribution in [0.1, 0.15) is 30.9 Å². The Labute approximate surface area is 119 Å². The summed E-state index contributed by atoms with van der Waals surface area (Å²) in [4.78, 5) is 12.9. The normalized spacial score (nSPS) is 13.8. The van der Waals surface area contributed by atoms with Crippen molar-refractivity contribution in [2.24, 2.45) is 5.73 Å². The summed E-state index contributed by atoms with van der Waals surface area (Å²) >= 11 is 0. The number of nitriles is 1. The maximum atomic E-state index is 11.1. The molecule has 5 heteroatoms. The lowest BCUT2D eigenvalue weighted by atomic mass is 10.1. The predicted molar refractivity (Wildman–Crippen MR) is 78.1 cm³/mol. The minimum Gasteiger partial charge on any atom is -0.368 e. The molecule has 0 aliphatic heterocycles. The maximum absolute atomic E-state index is 11.1. The molecule has 1 aliphatic rings. The van der Waals surface area contributed by atoms with Crippen molar-refractivity contribution < 1.29 is 4.79 Å². The molecule has 1 aromatic rings. The molecule has 1 fully saturated rings. The number of hydrogen-bond donors (Lipinski definition) is 2. The lowest BCUT2D eigenvalue weighted by molar-refractivity contribution is -0.116. The Morgan fingerprint density at radius 1 is 1.55 bits per heavy atom. The number of nitrogens with zero attached hydrogens (tertiary/aromatic N) is 2. The molecule has 0 aromatic heterocycles. The Morgan fingerprint density at radius 2 is 2.30 bits per heavy atom. The number of nitrogens with two attached hydrogens (primary N) is 1. The molecule has 1 aromatic carbocycles. The summed E-state index contributed by atoms with van der Waals surface area (Å²) in [6, 6.07) is 8.62. The molecule has 106 valence electrons. The summed E-state index contributed by atoms with van der Waals surface area (Å²) in [6.07, 6.45) is 2.48. The van der Waals surface area contributed by atoms with Gasteiger partial charge in [-0.3, -0.25) is 4.79 Å². The number of primary amides is 1. The third-order valence-electron chi connectivity index (χ3n) is 3.42. The number of carbonyl (C=O) groups excluding carboxylic acids is 1. The highest BCUT2D eigenvalue weighted by Crippen LogP contribution is 2.23. The van der Waals surface area contributed by atoms with E-state index in [4.69, 9.17) is 5.73 Å². The average molecular weight is 272 g/mol. The highest BCUT2D eigenvalue weighted by atomic mass is 16.1. The molecule has 1 amide bonds. The van der Waals surface area contributed by atoms with Gasteiger partial charge in [0.05, 0.1) is 17.8 Å². The van der Waals surface area contributed by atoms with Crippen LogP contribution in [0.25, 0.3) is 0 Å². The number of nitrogens with one attached hydrogen (secondary N) is 1. The van der Waals surface area contributed by atoms with Crippen LogP contribution in [0.2, 0.25) is 0 Å². The Morgan fingerprint density at radius 3 is 2.85 bits per heavy atom. The van der Waals surface area contributed by atoms with E-state index in [0.29, 0.717) is 18.2 Å². The Kier molecular flexibility index (Phi) is 4.59. The first-order chi connectivity index (χ1) is 9.63. The molecule has 0 radical (unpaired) electrons. The molecule has 1 saturated carbocycles. The van der Waals surface area contributed by atoms with Crippen molar-refractivity contribution in [3.63, 3.8) is 0 Å². The smallest absolute Gasteiger partial charge is 0.236 e. The number of hydrogen-bond acceptors (Lipinski definition) is 4. The van der Waals surface area contributed by atoms with Gasteiger partial charge in [0.2, 0.25) is 5.91 Å². The molecule has 0 bridgehead atoms. The standard InChI is InChI=1S/C15H20N4O/c1-2-19(10-15(17)20)14-6-3-11(7-12(14)8-16)9-18-13-4-5-13/h3,6-7,13,18H,2,4-5,9-10H2,1H3,(H2,17,20). The van der Waals surface area contributed by atoms with Gasteiger partial charge in [-0.2, -0.15) is 5.26 Å². The van der Waals surface area contributed by atoms with Gasteiger partial charge in [0.25, 0.3) is 0 Å². The zero-order valence-corrected chi connectivity index (χ0v) is 11.7. The van der Waals surface area contributed by atoms with Crippen LogP contribution >= 0.6 is 0 Å². The fourth-order valence-corrected chi connectivity index (χ4v) is 2.16. The second kappa shape index (κ2) is 6.40. The summed E-state index contributed by atoms with van der Waals surface area (Å²) < 4.78 is 0. The van der Waals surface area contributed by atoms with Crippen molar-refractivity contribution in [3.8, 4) is 6.07 Å². The molecule has 2 rings (SSSR count). The summed E-state index contributed by atoms with van der Waals surface area (Å²) in [5.74, 6) is -0.393. The Bertz CT molecular complexity index is 531. The molecule has 0 spiro atoms. The fourth-order valence-electron chi connectivity index (χ4n) is 2.16. The summed E-state index contributed by atoms with van der Waals surface area (Å²) in [5.41, 5.74) is 7.69. The van der Waals surface area contributed by atoms with Crippen molar-refractivity contribution in [1.82, 2.24) is 5.32 Å². The number of anilines is 1. The average Bonchev–Trinajstić information content (AvgIpc) is 3.26. The predicted octanol–water partition coefficient (Wildman–Crippen LogP) is 1.12. The zero-order valence-electron chi connectivity index (χ0n) is 11.7. The van der Waals surface area contributed by atoms with Gasteiger partial charge < -0.3 is 16.0 Å². The van der Waals surface area contributed by atoms with Crippen molar-refractivity contribution in [2.45, 2.75) is 32.4 Å².